The lowest BCUT2D eigenvalue weighted by molar-refractivity contribution is 0.0463. The van der Waals surface area contributed by atoms with Gasteiger partial charge in [0, 0.05) is 6.07 Å². The molecule has 7 nitrogen and oxygen atoms in total. The van der Waals surface area contributed by atoms with Gasteiger partial charge in [-0.15, -0.1) is 5.10 Å². The van der Waals surface area contributed by atoms with E-state index >= 15 is 0 Å². The molecule has 2 heterocycles. The Labute approximate surface area is 147 Å². The van der Waals surface area contributed by atoms with Crippen molar-refractivity contribution in [2.45, 2.75) is 51.5 Å². The van der Waals surface area contributed by atoms with E-state index < -0.39 is 0 Å². The molecular formula is C18H25N5O2. The van der Waals surface area contributed by atoms with Gasteiger partial charge in [0.2, 0.25) is 6.79 Å². The molecule has 0 spiro atoms. The van der Waals surface area contributed by atoms with E-state index in [0.29, 0.717) is 0 Å². The van der Waals surface area contributed by atoms with Gasteiger partial charge in [0.25, 0.3) is 0 Å². The number of nitrogens with zero attached hydrogens (tertiary/aromatic N) is 5. The smallest absolute Gasteiger partial charge is 0.231 e. The summed E-state index contributed by atoms with van der Waals surface area (Å²) in [6.07, 6.45) is 5.91. The molecule has 1 saturated carbocycles. The minimum atomic E-state index is -0.0956. The third-order valence-corrected chi connectivity index (χ3v) is 5.54. The van der Waals surface area contributed by atoms with Crippen molar-refractivity contribution in [2.75, 3.05) is 19.9 Å². The van der Waals surface area contributed by atoms with Crippen molar-refractivity contribution in [3.63, 3.8) is 0 Å². The van der Waals surface area contributed by atoms with E-state index in [-0.39, 0.29) is 12.3 Å². The summed E-state index contributed by atoms with van der Waals surface area (Å²) in [5.74, 6) is 2.46. The first-order chi connectivity index (χ1) is 12.3. The number of hydrogen-bond acceptors (Lipinski definition) is 6. The summed E-state index contributed by atoms with van der Waals surface area (Å²) < 4.78 is 12.8. The lowest BCUT2D eigenvalue weighted by atomic mass is 9.79. The molecule has 0 N–H and O–H groups in total. The van der Waals surface area contributed by atoms with Crippen LogP contribution in [0, 0.1) is 0 Å². The summed E-state index contributed by atoms with van der Waals surface area (Å²) in [5, 5.41) is 12.8. The van der Waals surface area contributed by atoms with Crippen molar-refractivity contribution in [1.29, 1.82) is 0 Å². The monoisotopic (exact) mass is 343 g/mol. The van der Waals surface area contributed by atoms with Crippen LogP contribution in [0.1, 0.15) is 51.8 Å². The molecule has 2 aliphatic rings. The van der Waals surface area contributed by atoms with Crippen molar-refractivity contribution in [3.05, 3.63) is 24.0 Å². The van der Waals surface area contributed by atoms with Crippen molar-refractivity contribution in [3.8, 4) is 17.2 Å². The highest BCUT2D eigenvalue weighted by Gasteiger charge is 2.43. The van der Waals surface area contributed by atoms with Gasteiger partial charge in [-0.05, 0) is 48.5 Å². The summed E-state index contributed by atoms with van der Waals surface area (Å²) in [7, 11) is 0. The quantitative estimate of drug-likeness (QED) is 0.832. The highest BCUT2D eigenvalue weighted by atomic mass is 16.7. The lowest BCUT2D eigenvalue weighted by Crippen LogP contribution is -2.49. The average molecular weight is 343 g/mol. The number of fused-ring (bicyclic) bond motifs is 1. The summed E-state index contributed by atoms with van der Waals surface area (Å²) in [5.41, 5.74) is 0.822. The fourth-order valence-corrected chi connectivity index (χ4v) is 4.32. The zero-order valence-electron chi connectivity index (χ0n) is 14.9. The fraction of sp³-hybridized carbons (Fsp3) is 0.611. The molecule has 0 bridgehead atoms. The zero-order valence-corrected chi connectivity index (χ0v) is 14.9. The van der Waals surface area contributed by atoms with Crippen molar-refractivity contribution in [2.24, 2.45) is 0 Å². The Morgan fingerprint density at radius 3 is 2.60 bits per heavy atom. The molecule has 1 aromatic carbocycles. The van der Waals surface area contributed by atoms with Gasteiger partial charge in [-0.25, -0.2) is 0 Å². The largest absolute Gasteiger partial charge is 0.454 e. The van der Waals surface area contributed by atoms with E-state index in [9.17, 15) is 0 Å². The lowest BCUT2D eigenvalue weighted by Gasteiger charge is -2.44. The van der Waals surface area contributed by atoms with Gasteiger partial charge in [0.1, 0.15) is 0 Å². The Bertz CT molecular complexity index is 735. The maximum Gasteiger partial charge on any atom is 0.231 e. The van der Waals surface area contributed by atoms with E-state index in [1.54, 1.807) is 0 Å². The summed E-state index contributed by atoms with van der Waals surface area (Å²) in [6.45, 7) is 6.68. The van der Waals surface area contributed by atoms with Crippen LogP contribution >= 0.6 is 0 Å². The van der Waals surface area contributed by atoms with Gasteiger partial charge in [-0.3, -0.25) is 4.90 Å². The molecule has 0 amide bonds. The Morgan fingerprint density at radius 1 is 1.08 bits per heavy atom. The van der Waals surface area contributed by atoms with Crippen molar-refractivity contribution in [1.82, 2.24) is 25.1 Å². The van der Waals surface area contributed by atoms with Gasteiger partial charge in [-0.1, -0.05) is 33.1 Å². The second-order valence-corrected chi connectivity index (χ2v) is 6.72. The van der Waals surface area contributed by atoms with Crippen LogP contribution in [-0.2, 0) is 5.54 Å². The molecule has 0 saturated heterocycles. The fourth-order valence-electron chi connectivity index (χ4n) is 4.32. The summed E-state index contributed by atoms with van der Waals surface area (Å²) in [4.78, 5) is 2.52. The highest BCUT2D eigenvalue weighted by molar-refractivity contribution is 5.50. The first-order valence-electron chi connectivity index (χ1n) is 9.22. The number of ether oxygens (including phenoxy) is 2. The first kappa shape index (κ1) is 16.3. The topological polar surface area (TPSA) is 65.3 Å². The van der Waals surface area contributed by atoms with Gasteiger partial charge >= 0.3 is 0 Å². The first-order valence-corrected chi connectivity index (χ1v) is 9.22. The Balaban J connectivity index is 1.79. The Kier molecular flexibility index (Phi) is 4.33. The molecule has 7 heteroatoms. The molecule has 0 atom stereocenters. The molecule has 134 valence electrons. The van der Waals surface area contributed by atoms with Crippen LogP contribution in [0.4, 0.5) is 0 Å². The Hall–Kier alpha value is -2.15. The maximum atomic E-state index is 5.52. The molecule has 4 rings (SSSR count). The minimum Gasteiger partial charge on any atom is -0.454 e. The number of rotatable bonds is 5. The van der Waals surface area contributed by atoms with E-state index in [2.05, 4.69) is 34.3 Å². The van der Waals surface area contributed by atoms with Crippen LogP contribution in [0.2, 0.25) is 0 Å². The molecule has 1 aromatic heterocycles. The van der Waals surface area contributed by atoms with Crippen molar-refractivity contribution < 1.29 is 9.47 Å². The predicted molar refractivity (Wildman–Crippen MR) is 93.0 cm³/mol. The molecule has 25 heavy (non-hydrogen) atoms. The van der Waals surface area contributed by atoms with Crippen LogP contribution in [0.15, 0.2) is 18.2 Å². The highest BCUT2D eigenvalue weighted by Crippen LogP contribution is 2.42. The summed E-state index contributed by atoms with van der Waals surface area (Å²) in [6, 6.07) is 5.88. The summed E-state index contributed by atoms with van der Waals surface area (Å²) >= 11 is 0. The number of aromatic nitrogens is 4. The van der Waals surface area contributed by atoms with Crippen LogP contribution in [-0.4, -0.2) is 45.0 Å². The van der Waals surface area contributed by atoms with Crippen LogP contribution < -0.4 is 9.47 Å². The third-order valence-electron chi connectivity index (χ3n) is 5.54. The number of tetrazole rings is 1. The molecule has 1 fully saturated rings. The van der Waals surface area contributed by atoms with Gasteiger partial charge < -0.3 is 9.47 Å². The molecular weight excluding hydrogens is 318 g/mol. The standard InChI is InChI=1S/C18H25N5O2/c1-3-22(4-2)18(10-6-5-7-11-18)17-19-20-21-23(17)14-8-9-15-16(12-14)25-13-24-15/h8-9,12H,3-7,10-11,13H2,1-2H3. The van der Waals surface area contributed by atoms with E-state index in [0.717, 1.165) is 48.9 Å². The molecule has 0 radical (unpaired) electrons. The molecule has 0 unspecified atom stereocenters. The third kappa shape index (κ3) is 2.66. The Morgan fingerprint density at radius 2 is 1.84 bits per heavy atom. The normalized spacial score (nSPS) is 18.7. The average Bonchev–Trinajstić information content (AvgIpc) is 3.32. The molecule has 1 aliphatic carbocycles. The number of hydrogen-bond donors (Lipinski definition) is 0. The molecule has 1 aliphatic heterocycles. The van der Waals surface area contributed by atoms with Gasteiger partial charge in [-0.2, -0.15) is 4.68 Å². The van der Waals surface area contributed by atoms with E-state index in [1.807, 2.05) is 22.9 Å². The predicted octanol–water partition coefficient (Wildman–Crippen LogP) is 2.89. The van der Waals surface area contributed by atoms with Gasteiger partial charge in [0.05, 0.1) is 11.2 Å². The van der Waals surface area contributed by atoms with E-state index in [4.69, 9.17) is 9.47 Å². The SMILES string of the molecule is CCN(CC)C1(c2nnnn2-c2ccc3c(c2)OCO3)CCCCC1. The van der Waals surface area contributed by atoms with E-state index in [1.165, 1.54) is 19.3 Å². The molecule has 2 aromatic rings. The second kappa shape index (κ2) is 6.63. The van der Waals surface area contributed by atoms with Crippen LogP contribution in [0.5, 0.6) is 11.5 Å². The van der Waals surface area contributed by atoms with Crippen LogP contribution in [0.25, 0.3) is 5.69 Å². The zero-order chi connectivity index (χ0) is 17.3. The van der Waals surface area contributed by atoms with Crippen molar-refractivity contribution >= 4 is 0 Å². The second-order valence-electron chi connectivity index (χ2n) is 6.72. The van der Waals surface area contributed by atoms with Crippen LogP contribution in [0.3, 0.4) is 0 Å². The number of benzene rings is 1. The minimum absolute atomic E-state index is 0.0956. The van der Waals surface area contributed by atoms with Gasteiger partial charge in [0.15, 0.2) is 17.3 Å². The maximum absolute atomic E-state index is 5.52.